The SMILES string of the molecule is C[C@H](N1CNn2ccc(=O)c(O)c2C1=O)C(F)(F)F. The van der Waals surface area contributed by atoms with Gasteiger partial charge in [-0.15, -0.1) is 0 Å². The fourth-order valence-electron chi connectivity index (χ4n) is 1.71. The van der Waals surface area contributed by atoms with E-state index >= 15 is 0 Å². The van der Waals surface area contributed by atoms with Gasteiger partial charge in [0.25, 0.3) is 5.91 Å². The first-order chi connectivity index (χ1) is 8.73. The molecule has 2 N–H and O–H groups in total. The number of carbonyl (C=O) groups is 1. The van der Waals surface area contributed by atoms with Gasteiger partial charge in [-0.3, -0.25) is 14.3 Å². The molecule has 19 heavy (non-hydrogen) atoms. The molecular formula is C10H10F3N3O3. The average Bonchev–Trinajstić information content (AvgIpc) is 2.32. The monoisotopic (exact) mass is 277 g/mol. The maximum Gasteiger partial charge on any atom is 0.408 e. The third-order valence-electron chi connectivity index (χ3n) is 2.89. The van der Waals surface area contributed by atoms with Gasteiger partial charge in [-0.1, -0.05) is 0 Å². The van der Waals surface area contributed by atoms with Crippen molar-refractivity contribution >= 4 is 5.91 Å². The predicted octanol–water partition coefficient (Wildman–Crippen LogP) is 0.462. The smallest absolute Gasteiger partial charge is 0.408 e. The summed E-state index contributed by atoms with van der Waals surface area (Å²) < 4.78 is 38.9. The highest BCUT2D eigenvalue weighted by atomic mass is 19.4. The molecule has 1 atom stereocenters. The fraction of sp³-hybridized carbons (Fsp3) is 0.400. The summed E-state index contributed by atoms with van der Waals surface area (Å²) in [5.74, 6) is -1.93. The standard InChI is InChI=1S/C10H10F3N3O3/c1-5(10(11,12)13)15-4-14-16-3-2-6(17)8(18)7(16)9(15)19/h2-3,5,14,18H,4H2,1H3/t5-/m0/s1. The van der Waals surface area contributed by atoms with Gasteiger partial charge in [0.15, 0.2) is 11.4 Å². The Morgan fingerprint density at radius 3 is 2.63 bits per heavy atom. The molecule has 0 bridgehead atoms. The van der Waals surface area contributed by atoms with Crippen molar-refractivity contribution in [2.24, 2.45) is 0 Å². The van der Waals surface area contributed by atoms with Gasteiger partial charge in [0.2, 0.25) is 5.43 Å². The predicted molar refractivity (Wildman–Crippen MR) is 58.3 cm³/mol. The van der Waals surface area contributed by atoms with E-state index in [9.17, 15) is 27.9 Å². The van der Waals surface area contributed by atoms with Gasteiger partial charge >= 0.3 is 6.18 Å². The first-order valence-corrected chi connectivity index (χ1v) is 5.29. The Labute approximate surface area is 105 Å². The maximum absolute atomic E-state index is 12.6. The van der Waals surface area contributed by atoms with Crippen molar-refractivity contribution in [1.29, 1.82) is 0 Å². The largest absolute Gasteiger partial charge is 0.502 e. The Morgan fingerprint density at radius 2 is 2.05 bits per heavy atom. The van der Waals surface area contributed by atoms with Crippen LogP contribution < -0.4 is 10.9 Å². The van der Waals surface area contributed by atoms with Crippen molar-refractivity contribution in [3.8, 4) is 5.75 Å². The molecule has 0 fully saturated rings. The molecular weight excluding hydrogens is 267 g/mol. The van der Waals surface area contributed by atoms with Crippen LogP contribution in [0.25, 0.3) is 0 Å². The highest BCUT2D eigenvalue weighted by Gasteiger charge is 2.44. The second-order valence-corrected chi connectivity index (χ2v) is 4.06. The molecule has 1 aromatic rings. The van der Waals surface area contributed by atoms with Gasteiger partial charge in [0.05, 0.1) is 0 Å². The summed E-state index contributed by atoms with van der Waals surface area (Å²) >= 11 is 0. The van der Waals surface area contributed by atoms with E-state index in [4.69, 9.17) is 0 Å². The number of nitrogens with zero attached hydrogens (tertiary/aromatic N) is 2. The molecule has 0 aliphatic carbocycles. The summed E-state index contributed by atoms with van der Waals surface area (Å²) in [6.07, 6.45) is -3.42. The molecule has 1 amide bonds. The minimum atomic E-state index is -4.59. The van der Waals surface area contributed by atoms with Crippen molar-refractivity contribution < 1.29 is 23.1 Å². The molecule has 1 aliphatic rings. The van der Waals surface area contributed by atoms with Crippen molar-refractivity contribution in [3.05, 3.63) is 28.2 Å². The van der Waals surface area contributed by atoms with Crippen molar-refractivity contribution in [1.82, 2.24) is 9.58 Å². The van der Waals surface area contributed by atoms with Crippen molar-refractivity contribution in [3.63, 3.8) is 0 Å². The zero-order valence-electron chi connectivity index (χ0n) is 9.73. The maximum atomic E-state index is 12.6. The van der Waals surface area contributed by atoms with Crippen LogP contribution in [0.3, 0.4) is 0 Å². The highest BCUT2D eigenvalue weighted by Crippen LogP contribution is 2.27. The van der Waals surface area contributed by atoms with E-state index in [-0.39, 0.29) is 6.67 Å². The van der Waals surface area contributed by atoms with Crippen LogP contribution in [0.4, 0.5) is 13.2 Å². The van der Waals surface area contributed by atoms with Gasteiger partial charge in [-0.05, 0) is 6.92 Å². The zero-order valence-corrected chi connectivity index (χ0v) is 9.73. The molecule has 0 radical (unpaired) electrons. The number of amides is 1. The summed E-state index contributed by atoms with van der Waals surface area (Å²) in [6, 6.07) is -1.03. The molecule has 1 aliphatic heterocycles. The van der Waals surface area contributed by atoms with E-state index < -0.39 is 35.0 Å². The van der Waals surface area contributed by atoms with Crippen LogP contribution in [0.1, 0.15) is 17.4 Å². The number of aromatic nitrogens is 1. The van der Waals surface area contributed by atoms with E-state index in [0.717, 1.165) is 17.7 Å². The Kier molecular flexibility index (Phi) is 2.91. The van der Waals surface area contributed by atoms with E-state index in [0.29, 0.717) is 4.90 Å². The van der Waals surface area contributed by atoms with E-state index in [1.165, 1.54) is 6.20 Å². The molecule has 0 aromatic carbocycles. The Morgan fingerprint density at radius 1 is 1.42 bits per heavy atom. The summed E-state index contributed by atoms with van der Waals surface area (Å²) in [5.41, 5.74) is 1.15. The number of hydrogen-bond acceptors (Lipinski definition) is 4. The lowest BCUT2D eigenvalue weighted by Gasteiger charge is -2.35. The lowest BCUT2D eigenvalue weighted by atomic mass is 10.2. The minimum absolute atomic E-state index is 0.380. The second kappa shape index (κ2) is 4.18. The van der Waals surface area contributed by atoms with Crippen LogP contribution in [-0.2, 0) is 0 Å². The van der Waals surface area contributed by atoms with Gasteiger partial charge in [0, 0.05) is 12.3 Å². The Hall–Kier alpha value is -2.19. The number of halogens is 3. The molecule has 6 nitrogen and oxygen atoms in total. The van der Waals surface area contributed by atoms with Crippen LogP contribution in [0.15, 0.2) is 17.1 Å². The van der Waals surface area contributed by atoms with E-state index in [1.54, 1.807) is 0 Å². The molecule has 9 heteroatoms. The van der Waals surface area contributed by atoms with Crippen LogP contribution in [0.5, 0.6) is 5.75 Å². The number of hydrogen-bond donors (Lipinski definition) is 2. The molecule has 0 saturated heterocycles. The third-order valence-corrected chi connectivity index (χ3v) is 2.89. The van der Waals surface area contributed by atoms with Crippen LogP contribution in [0, 0.1) is 0 Å². The van der Waals surface area contributed by atoms with E-state index in [1.807, 2.05) is 0 Å². The topological polar surface area (TPSA) is 74.6 Å². The zero-order chi connectivity index (χ0) is 14.4. The third kappa shape index (κ3) is 2.11. The number of nitrogens with one attached hydrogen (secondary N) is 1. The van der Waals surface area contributed by atoms with Crippen LogP contribution >= 0.6 is 0 Å². The quantitative estimate of drug-likeness (QED) is 0.782. The fourth-order valence-corrected chi connectivity index (χ4v) is 1.71. The first-order valence-electron chi connectivity index (χ1n) is 5.29. The number of alkyl halides is 3. The summed E-state index contributed by atoms with van der Waals surface area (Å²) in [4.78, 5) is 23.7. The molecule has 104 valence electrons. The molecule has 1 aromatic heterocycles. The van der Waals surface area contributed by atoms with Gasteiger partial charge in [0.1, 0.15) is 12.7 Å². The van der Waals surface area contributed by atoms with Gasteiger partial charge in [-0.25, -0.2) is 0 Å². The average molecular weight is 277 g/mol. The first kappa shape index (κ1) is 13.2. The number of aromatic hydroxyl groups is 1. The molecule has 0 saturated carbocycles. The molecule has 2 heterocycles. The lowest BCUT2D eigenvalue weighted by Crippen LogP contribution is -2.54. The number of rotatable bonds is 1. The molecule has 0 unspecified atom stereocenters. The number of pyridine rings is 1. The minimum Gasteiger partial charge on any atom is -0.502 e. The lowest BCUT2D eigenvalue weighted by molar-refractivity contribution is -0.172. The van der Waals surface area contributed by atoms with Crippen molar-refractivity contribution in [2.45, 2.75) is 19.1 Å². The van der Waals surface area contributed by atoms with Crippen molar-refractivity contribution in [2.75, 3.05) is 12.1 Å². The van der Waals surface area contributed by atoms with E-state index in [2.05, 4.69) is 5.43 Å². The normalized spacial score (nSPS) is 16.8. The molecule has 2 rings (SSSR count). The highest BCUT2D eigenvalue weighted by molar-refractivity contribution is 5.96. The summed E-state index contributed by atoms with van der Waals surface area (Å²) in [5, 5.41) is 9.51. The van der Waals surface area contributed by atoms with Crippen LogP contribution in [-0.4, -0.2) is 39.5 Å². The summed E-state index contributed by atoms with van der Waals surface area (Å²) in [7, 11) is 0. The Bertz CT molecular complexity index is 582. The van der Waals surface area contributed by atoms with Crippen LogP contribution in [0.2, 0.25) is 0 Å². The second-order valence-electron chi connectivity index (χ2n) is 4.06. The van der Waals surface area contributed by atoms with Gasteiger partial charge < -0.3 is 15.4 Å². The number of carbonyl (C=O) groups excluding carboxylic acids is 1. The Balaban J connectivity index is 2.45. The summed E-state index contributed by atoms with van der Waals surface area (Å²) in [6.45, 7) is 0.447. The van der Waals surface area contributed by atoms with Gasteiger partial charge in [-0.2, -0.15) is 13.2 Å². The number of fused-ring (bicyclic) bond motifs is 1. The molecule has 0 spiro atoms.